The molecule has 0 aromatic heterocycles. The molecule has 1 heterocycles. The lowest BCUT2D eigenvalue weighted by Gasteiger charge is -2.33. The Kier molecular flexibility index (Phi) is 5.13. The minimum Gasteiger partial charge on any atom is -0.481 e. The van der Waals surface area contributed by atoms with Crippen LogP contribution in [0.25, 0.3) is 0 Å². The van der Waals surface area contributed by atoms with E-state index < -0.39 is 17.3 Å². The number of hydrogen-bond donors (Lipinski definition) is 2. The van der Waals surface area contributed by atoms with E-state index in [9.17, 15) is 18.7 Å². The molecule has 0 aliphatic carbocycles. The van der Waals surface area contributed by atoms with Crippen molar-refractivity contribution in [2.24, 2.45) is 5.41 Å². The first-order chi connectivity index (χ1) is 10.3. The lowest BCUT2D eigenvalue weighted by Crippen LogP contribution is -2.44. The van der Waals surface area contributed by atoms with Crippen LogP contribution in [0, 0.1) is 5.41 Å². The number of rotatable bonds is 6. The molecule has 0 unspecified atom stereocenters. The van der Waals surface area contributed by atoms with Crippen molar-refractivity contribution in [3.63, 3.8) is 0 Å². The van der Waals surface area contributed by atoms with Gasteiger partial charge in [-0.1, -0.05) is 24.3 Å². The van der Waals surface area contributed by atoms with Crippen LogP contribution in [0.5, 0.6) is 0 Å². The van der Waals surface area contributed by atoms with E-state index in [2.05, 4.69) is 5.32 Å². The van der Waals surface area contributed by atoms with Crippen molar-refractivity contribution in [1.29, 1.82) is 0 Å². The first-order valence-corrected chi connectivity index (χ1v) is 7.33. The summed E-state index contributed by atoms with van der Waals surface area (Å²) in [5.41, 5.74) is 0.0255. The summed E-state index contributed by atoms with van der Waals surface area (Å²) in [6.07, 6.45) is 0.965. The van der Waals surface area contributed by atoms with Gasteiger partial charge in [0.1, 0.15) is 0 Å². The summed E-state index contributed by atoms with van der Waals surface area (Å²) in [7, 11) is 0. The van der Waals surface area contributed by atoms with Gasteiger partial charge < -0.3 is 15.2 Å². The number of carbonyl (C=O) groups is 1. The number of ether oxygens (including phenoxy) is 1. The fourth-order valence-electron chi connectivity index (χ4n) is 2.59. The first-order valence-electron chi connectivity index (χ1n) is 7.33. The van der Waals surface area contributed by atoms with Crippen molar-refractivity contribution in [2.45, 2.75) is 32.2 Å². The lowest BCUT2D eigenvalue weighted by molar-refractivity contribution is -0.154. The van der Waals surface area contributed by atoms with E-state index in [4.69, 9.17) is 4.74 Å². The normalized spacial score (nSPS) is 18.1. The Bertz CT molecular complexity index is 505. The van der Waals surface area contributed by atoms with Gasteiger partial charge in [0, 0.05) is 38.8 Å². The molecule has 0 radical (unpaired) electrons. The van der Waals surface area contributed by atoms with Crippen molar-refractivity contribution in [2.75, 3.05) is 19.8 Å². The van der Waals surface area contributed by atoms with Crippen LogP contribution in [-0.2, 0) is 22.0 Å². The molecular weight excluding hydrogens is 292 g/mol. The van der Waals surface area contributed by atoms with E-state index in [-0.39, 0.29) is 5.56 Å². The van der Waals surface area contributed by atoms with Gasteiger partial charge in [0.05, 0.1) is 5.41 Å². The van der Waals surface area contributed by atoms with E-state index >= 15 is 0 Å². The van der Waals surface area contributed by atoms with E-state index in [0.29, 0.717) is 39.1 Å². The summed E-state index contributed by atoms with van der Waals surface area (Å²) in [6, 6.07) is 6.07. The van der Waals surface area contributed by atoms with Gasteiger partial charge in [-0.05, 0) is 18.4 Å². The monoisotopic (exact) mass is 313 g/mol. The molecule has 1 aromatic rings. The van der Waals surface area contributed by atoms with Crippen LogP contribution in [0.4, 0.5) is 8.78 Å². The van der Waals surface area contributed by atoms with Crippen LogP contribution >= 0.6 is 0 Å². The molecule has 0 atom stereocenters. The summed E-state index contributed by atoms with van der Waals surface area (Å²) in [5, 5.41) is 12.6. The standard InChI is InChI=1S/C16H21F2NO3/c1-15(17,18)13-4-2-12(3-5-13)10-19-11-16(14(20)21)6-8-22-9-7-16/h2-5,19H,6-11H2,1H3,(H,20,21). The Morgan fingerprint density at radius 3 is 2.41 bits per heavy atom. The molecule has 4 nitrogen and oxygen atoms in total. The molecule has 6 heteroatoms. The molecule has 0 spiro atoms. The van der Waals surface area contributed by atoms with E-state index in [1.54, 1.807) is 12.1 Å². The number of aliphatic carboxylic acids is 1. The molecule has 2 N–H and O–H groups in total. The molecule has 1 saturated heterocycles. The maximum Gasteiger partial charge on any atom is 0.311 e. The molecule has 1 aliphatic heterocycles. The van der Waals surface area contributed by atoms with Gasteiger partial charge in [-0.2, -0.15) is 0 Å². The second-order valence-electron chi connectivity index (χ2n) is 5.89. The van der Waals surface area contributed by atoms with Crippen LogP contribution < -0.4 is 5.32 Å². The molecule has 1 aromatic carbocycles. The molecule has 22 heavy (non-hydrogen) atoms. The average Bonchev–Trinajstić information content (AvgIpc) is 2.48. The summed E-state index contributed by atoms with van der Waals surface area (Å²) < 4.78 is 31.5. The van der Waals surface area contributed by atoms with Gasteiger partial charge in [-0.25, -0.2) is 8.78 Å². The Morgan fingerprint density at radius 2 is 1.91 bits per heavy atom. The van der Waals surface area contributed by atoms with E-state index in [0.717, 1.165) is 12.5 Å². The predicted octanol–water partition coefficient (Wildman–Crippen LogP) is 2.77. The van der Waals surface area contributed by atoms with Gasteiger partial charge in [-0.15, -0.1) is 0 Å². The smallest absolute Gasteiger partial charge is 0.311 e. The van der Waals surface area contributed by atoms with Gasteiger partial charge in [0.2, 0.25) is 0 Å². The summed E-state index contributed by atoms with van der Waals surface area (Å²) in [4.78, 5) is 11.5. The number of carboxylic acids is 1. The highest BCUT2D eigenvalue weighted by Gasteiger charge is 2.39. The Labute approximate surface area is 128 Å². The quantitative estimate of drug-likeness (QED) is 0.848. The zero-order valence-electron chi connectivity index (χ0n) is 12.6. The van der Waals surface area contributed by atoms with Crippen molar-refractivity contribution in [3.05, 3.63) is 35.4 Å². The van der Waals surface area contributed by atoms with Crippen LogP contribution in [0.3, 0.4) is 0 Å². The Morgan fingerprint density at radius 1 is 1.32 bits per heavy atom. The zero-order valence-corrected chi connectivity index (χ0v) is 12.6. The van der Waals surface area contributed by atoms with Gasteiger partial charge >= 0.3 is 5.97 Å². The number of alkyl halides is 2. The maximum atomic E-state index is 13.1. The molecule has 1 aliphatic rings. The van der Waals surface area contributed by atoms with E-state index in [1.807, 2.05) is 0 Å². The first kappa shape index (κ1) is 16.8. The second kappa shape index (κ2) is 6.71. The minimum absolute atomic E-state index is 0.0253. The second-order valence-corrected chi connectivity index (χ2v) is 5.89. The largest absolute Gasteiger partial charge is 0.481 e. The van der Waals surface area contributed by atoms with Crippen LogP contribution in [0.1, 0.15) is 30.9 Å². The molecular formula is C16H21F2NO3. The van der Waals surface area contributed by atoms with Gasteiger partial charge in [-0.3, -0.25) is 4.79 Å². The van der Waals surface area contributed by atoms with Gasteiger partial charge in [0.25, 0.3) is 5.92 Å². The van der Waals surface area contributed by atoms with Crippen molar-refractivity contribution in [1.82, 2.24) is 5.32 Å². The fourth-order valence-corrected chi connectivity index (χ4v) is 2.59. The Balaban J connectivity index is 1.91. The highest BCUT2D eigenvalue weighted by molar-refractivity contribution is 5.75. The zero-order chi connectivity index (χ0) is 16.2. The van der Waals surface area contributed by atoms with Crippen LogP contribution in [-0.4, -0.2) is 30.8 Å². The van der Waals surface area contributed by atoms with Crippen molar-refractivity contribution < 1.29 is 23.4 Å². The third-order valence-corrected chi connectivity index (χ3v) is 4.16. The Hall–Kier alpha value is -1.53. The van der Waals surface area contributed by atoms with Gasteiger partial charge in [0.15, 0.2) is 0 Å². The minimum atomic E-state index is -2.85. The molecule has 0 amide bonds. The maximum absolute atomic E-state index is 13.1. The molecule has 2 rings (SSSR count). The molecule has 122 valence electrons. The number of halogens is 2. The van der Waals surface area contributed by atoms with Crippen LogP contribution in [0.2, 0.25) is 0 Å². The molecule has 0 bridgehead atoms. The third kappa shape index (κ3) is 4.01. The number of carboxylic acid groups (broad SMARTS) is 1. The number of nitrogens with one attached hydrogen (secondary N) is 1. The highest BCUT2D eigenvalue weighted by Crippen LogP contribution is 2.30. The fraction of sp³-hybridized carbons (Fsp3) is 0.562. The topological polar surface area (TPSA) is 58.6 Å². The number of hydrogen-bond acceptors (Lipinski definition) is 3. The van der Waals surface area contributed by atoms with E-state index in [1.165, 1.54) is 12.1 Å². The van der Waals surface area contributed by atoms with Crippen molar-refractivity contribution >= 4 is 5.97 Å². The van der Waals surface area contributed by atoms with Crippen LogP contribution in [0.15, 0.2) is 24.3 Å². The predicted molar refractivity (Wildman–Crippen MR) is 77.8 cm³/mol. The van der Waals surface area contributed by atoms with Crippen molar-refractivity contribution in [3.8, 4) is 0 Å². The number of benzene rings is 1. The SMILES string of the molecule is CC(F)(F)c1ccc(CNCC2(C(=O)O)CCOCC2)cc1. The third-order valence-electron chi connectivity index (χ3n) is 4.16. The summed E-state index contributed by atoms with van der Waals surface area (Å²) in [5.74, 6) is -3.66. The highest BCUT2D eigenvalue weighted by atomic mass is 19.3. The molecule has 1 fully saturated rings. The lowest BCUT2D eigenvalue weighted by atomic mass is 9.80. The summed E-state index contributed by atoms with van der Waals surface area (Å²) >= 11 is 0. The average molecular weight is 313 g/mol. The molecule has 0 saturated carbocycles. The summed E-state index contributed by atoms with van der Waals surface area (Å²) in [6.45, 7) is 2.56.